The molecular formula is C12H9ClF2N2O2S. The van der Waals surface area contributed by atoms with E-state index in [-0.39, 0.29) is 9.92 Å². The Hall–Kier alpha value is -1.73. The molecule has 0 spiro atoms. The fraction of sp³-hybridized carbons (Fsp3) is 0.0833. The Morgan fingerprint density at radius 1 is 1.20 bits per heavy atom. The van der Waals surface area contributed by atoms with Gasteiger partial charge in [0.1, 0.15) is 5.69 Å². The normalized spacial score (nSPS) is 11.4. The fourth-order valence-electron chi connectivity index (χ4n) is 1.55. The monoisotopic (exact) mass is 318 g/mol. The predicted molar refractivity (Wildman–Crippen MR) is 71.2 cm³/mol. The van der Waals surface area contributed by atoms with Crippen LogP contribution < -0.4 is 4.72 Å². The third kappa shape index (κ3) is 3.05. The van der Waals surface area contributed by atoms with Crippen LogP contribution in [-0.2, 0) is 10.0 Å². The van der Waals surface area contributed by atoms with Gasteiger partial charge in [0, 0.05) is 5.02 Å². The number of aryl methyl sites for hydroxylation is 1. The average Bonchev–Trinajstić information content (AvgIpc) is 2.35. The number of rotatable bonds is 3. The number of hydrogen-bond acceptors (Lipinski definition) is 3. The van der Waals surface area contributed by atoms with Crippen molar-refractivity contribution < 1.29 is 17.2 Å². The van der Waals surface area contributed by atoms with Crippen LogP contribution in [0.4, 0.5) is 14.5 Å². The maximum absolute atomic E-state index is 13.4. The topological polar surface area (TPSA) is 59.1 Å². The molecule has 0 aliphatic carbocycles. The van der Waals surface area contributed by atoms with Gasteiger partial charge in [-0.05, 0) is 36.8 Å². The van der Waals surface area contributed by atoms with E-state index < -0.39 is 27.6 Å². The lowest BCUT2D eigenvalue weighted by Crippen LogP contribution is -2.15. The van der Waals surface area contributed by atoms with E-state index in [0.717, 1.165) is 12.1 Å². The molecule has 8 heteroatoms. The fourth-order valence-corrected chi connectivity index (χ4v) is 3.11. The van der Waals surface area contributed by atoms with Crippen molar-refractivity contribution in [2.75, 3.05) is 4.72 Å². The Morgan fingerprint density at radius 2 is 1.90 bits per heavy atom. The second-order valence-electron chi connectivity index (χ2n) is 3.99. The minimum Gasteiger partial charge on any atom is -0.275 e. The molecule has 0 saturated carbocycles. The minimum absolute atomic E-state index is 0.0891. The Balaban J connectivity index is 2.43. The Kier molecular flexibility index (Phi) is 3.92. The highest BCUT2D eigenvalue weighted by Gasteiger charge is 2.19. The molecule has 20 heavy (non-hydrogen) atoms. The number of benzene rings is 1. The molecule has 0 aliphatic rings. The SMILES string of the molecule is Cc1ccc(Cl)cc1S(=O)(=O)Nc1ccc(F)nc1F. The van der Waals surface area contributed by atoms with Gasteiger partial charge in [0.15, 0.2) is 0 Å². The van der Waals surface area contributed by atoms with Crippen LogP contribution >= 0.6 is 11.6 Å². The summed E-state index contributed by atoms with van der Waals surface area (Å²) in [4.78, 5) is 2.82. The van der Waals surface area contributed by atoms with Crippen molar-refractivity contribution in [2.24, 2.45) is 0 Å². The predicted octanol–water partition coefficient (Wildman–Crippen LogP) is 3.12. The lowest BCUT2D eigenvalue weighted by molar-refractivity contribution is 0.515. The van der Waals surface area contributed by atoms with E-state index in [0.29, 0.717) is 5.56 Å². The van der Waals surface area contributed by atoms with Crippen LogP contribution in [0.3, 0.4) is 0 Å². The van der Waals surface area contributed by atoms with Gasteiger partial charge in [-0.1, -0.05) is 17.7 Å². The van der Waals surface area contributed by atoms with Gasteiger partial charge in [-0.15, -0.1) is 0 Å². The molecule has 1 heterocycles. The first-order chi connectivity index (χ1) is 9.29. The van der Waals surface area contributed by atoms with Gasteiger partial charge >= 0.3 is 0 Å². The maximum Gasteiger partial charge on any atom is 0.262 e. The molecule has 0 aliphatic heterocycles. The lowest BCUT2D eigenvalue weighted by atomic mass is 10.2. The molecular weight excluding hydrogens is 310 g/mol. The number of hydrogen-bond donors (Lipinski definition) is 1. The third-order valence-corrected chi connectivity index (χ3v) is 4.24. The quantitative estimate of drug-likeness (QED) is 0.885. The number of nitrogens with zero attached hydrogens (tertiary/aromatic N) is 1. The van der Waals surface area contributed by atoms with E-state index in [2.05, 4.69) is 4.98 Å². The largest absolute Gasteiger partial charge is 0.275 e. The number of aromatic nitrogens is 1. The molecule has 0 unspecified atom stereocenters. The minimum atomic E-state index is -4.04. The molecule has 106 valence electrons. The van der Waals surface area contributed by atoms with Crippen molar-refractivity contribution in [2.45, 2.75) is 11.8 Å². The van der Waals surface area contributed by atoms with E-state index in [1.54, 1.807) is 6.92 Å². The molecule has 0 atom stereocenters. The van der Waals surface area contributed by atoms with Gasteiger partial charge in [-0.25, -0.2) is 8.42 Å². The van der Waals surface area contributed by atoms with Gasteiger partial charge in [0.25, 0.3) is 10.0 Å². The van der Waals surface area contributed by atoms with E-state index in [9.17, 15) is 17.2 Å². The summed E-state index contributed by atoms with van der Waals surface area (Å²) in [6.45, 7) is 1.57. The number of pyridine rings is 1. The third-order valence-electron chi connectivity index (χ3n) is 2.50. The molecule has 4 nitrogen and oxygen atoms in total. The maximum atomic E-state index is 13.4. The molecule has 1 aromatic carbocycles. The molecule has 0 radical (unpaired) electrons. The lowest BCUT2D eigenvalue weighted by Gasteiger charge is -2.10. The molecule has 1 aromatic heterocycles. The first kappa shape index (κ1) is 14.7. The van der Waals surface area contributed by atoms with Crippen LogP contribution in [0.2, 0.25) is 5.02 Å². The Bertz CT molecular complexity index is 766. The van der Waals surface area contributed by atoms with Crippen LogP contribution in [0.25, 0.3) is 0 Å². The van der Waals surface area contributed by atoms with Crippen LogP contribution in [0.5, 0.6) is 0 Å². The smallest absolute Gasteiger partial charge is 0.262 e. The van der Waals surface area contributed by atoms with E-state index in [1.165, 1.54) is 18.2 Å². The molecule has 0 amide bonds. The second-order valence-corrected chi connectivity index (χ2v) is 6.07. The van der Waals surface area contributed by atoms with Crippen molar-refractivity contribution >= 4 is 27.3 Å². The molecule has 0 fully saturated rings. The molecule has 0 bridgehead atoms. The van der Waals surface area contributed by atoms with Crippen LogP contribution in [0, 0.1) is 18.8 Å². The molecule has 2 rings (SSSR count). The number of halogens is 3. The van der Waals surface area contributed by atoms with E-state index >= 15 is 0 Å². The first-order valence-electron chi connectivity index (χ1n) is 5.40. The van der Waals surface area contributed by atoms with Gasteiger partial charge in [0.2, 0.25) is 11.9 Å². The number of anilines is 1. The molecule has 0 saturated heterocycles. The van der Waals surface area contributed by atoms with Crippen LogP contribution in [0.15, 0.2) is 35.2 Å². The van der Waals surface area contributed by atoms with Crippen molar-refractivity contribution in [3.05, 3.63) is 52.8 Å². The average molecular weight is 319 g/mol. The molecule has 1 N–H and O–H groups in total. The highest BCUT2D eigenvalue weighted by molar-refractivity contribution is 7.92. The zero-order valence-electron chi connectivity index (χ0n) is 10.2. The van der Waals surface area contributed by atoms with E-state index in [1.807, 2.05) is 4.72 Å². The summed E-state index contributed by atoms with van der Waals surface area (Å²) in [5.74, 6) is -2.28. The highest BCUT2D eigenvalue weighted by Crippen LogP contribution is 2.23. The summed E-state index contributed by atoms with van der Waals surface area (Å²) in [5.41, 5.74) is 0.00292. The van der Waals surface area contributed by atoms with Crippen molar-refractivity contribution in [1.29, 1.82) is 0 Å². The summed E-state index contributed by atoms with van der Waals surface area (Å²) >= 11 is 5.75. The summed E-state index contributed by atoms with van der Waals surface area (Å²) < 4.78 is 52.4. The van der Waals surface area contributed by atoms with Gasteiger partial charge < -0.3 is 0 Å². The summed E-state index contributed by atoms with van der Waals surface area (Å²) in [6.07, 6.45) is 0. The van der Waals surface area contributed by atoms with Gasteiger partial charge in [-0.3, -0.25) is 4.72 Å². The molecule has 2 aromatic rings. The number of nitrogens with one attached hydrogen (secondary N) is 1. The Labute approximate surface area is 119 Å². The van der Waals surface area contributed by atoms with Crippen molar-refractivity contribution in [3.63, 3.8) is 0 Å². The van der Waals surface area contributed by atoms with Gasteiger partial charge in [-0.2, -0.15) is 13.8 Å². The second kappa shape index (κ2) is 5.34. The number of sulfonamides is 1. The summed E-state index contributed by atoms with van der Waals surface area (Å²) in [7, 11) is -4.04. The van der Waals surface area contributed by atoms with Gasteiger partial charge in [0.05, 0.1) is 4.90 Å². The Morgan fingerprint density at radius 3 is 2.55 bits per heavy atom. The van der Waals surface area contributed by atoms with E-state index in [4.69, 9.17) is 11.6 Å². The standard InChI is InChI=1S/C12H9ClF2N2O2S/c1-7-2-3-8(13)6-10(7)20(18,19)17-9-4-5-11(14)16-12(9)15/h2-6,17H,1H3. The zero-order valence-corrected chi connectivity index (χ0v) is 11.8. The first-order valence-corrected chi connectivity index (χ1v) is 7.27. The van der Waals surface area contributed by atoms with Crippen molar-refractivity contribution in [3.8, 4) is 0 Å². The van der Waals surface area contributed by atoms with Crippen LogP contribution in [-0.4, -0.2) is 13.4 Å². The summed E-state index contributed by atoms with van der Waals surface area (Å²) in [5, 5.41) is 0.230. The summed E-state index contributed by atoms with van der Waals surface area (Å²) in [6, 6.07) is 6.11. The highest BCUT2D eigenvalue weighted by atomic mass is 35.5. The van der Waals surface area contributed by atoms with Crippen LogP contribution in [0.1, 0.15) is 5.56 Å². The van der Waals surface area contributed by atoms with Crippen molar-refractivity contribution in [1.82, 2.24) is 4.98 Å². The zero-order chi connectivity index (χ0) is 14.9.